The highest BCUT2D eigenvalue weighted by Gasteiger charge is 1.93. The van der Waals surface area contributed by atoms with Crippen LogP contribution in [0.4, 0.5) is 0 Å². The van der Waals surface area contributed by atoms with Crippen molar-refractivity contribution in [3.8, 4) is 0 Å². The highest BCUT2D eigenvalue weighted by Crippen LogP contribution is 2.07. The van der Waals surface area contributed by atoms with Crippen LogP contribution in [0.1, 0.15) is 11.1 Å². The molecule has 0 radical (unpaired) electrons. The molecular weight excluding hydrogens is 244 g/mol. The Balaban J connectivity index is 2.78. The van der Waals surface area contributed by atoms with Crippen LogP contribution in [0, 0.1) is 0 Å². The fourth-order valence-corrected chi connectivity index (χ4v) is 1.34. The molecule has 0 saturated heterocycles. The molecule has 14 heavy (non-hydrogen) atoms. The third kappa shape index (κ3) is 3.75. The zero-order valence-electron chi connectivity index (χ0n) is 7.57. The van der Waals surface area contributed by atoms with E-state index < -0.39 is 5.97 Å². The summed E-state index contributed by atoms with van der Waals surface area (Å²) in [6, 6.07) is 7.39. The normalized spacial score (nSPS) is 10.6. The minimum atomic E-state index is -1.05. The van der Waals surface area contributed by atoms with Crippen molar-refractivity contribution in [1.29, 1.82) is 0 Å². The molecule has 1 aromatic carbocycles. The average Bonchev–Trinajstić information content (AvgIpc) is 2.14. The SMILES string of the molecule is O=C([O-])Cc1cccc(/C=C/CBr)c1. The number of carboxylic acids is 1. The molecule has 0 spiro atoms. The zero-order chi connectivity index (χ0) is 10.4. The summed E-state index contributed by atoms with van der Waals surface area (Å²) in [5, 5.41) is 11.1. The van der Waals surface area contributed by atoms with Crippen molar-refractivity contribution in [3.63, 3.8) is 0 Å². The number of hydrogen-bond donors (Lipinski definition) is 0. The maximum absolute atomic E-state index is 10.4. The number of alkyl halides is 1. The highest BCUT2D eigenvalue weighted by molar-refractivity contribution is 9.09. The van der Waals surface area contributed by atoms with Gasteiger partial charge >= 0.3 is 0 Å². The van der Waals surface area contributed by atoms with Gasteiger partial charge in [-0.2, -0.15) is 0 Å². The molecule has 0 aliphatic heterocycles. The molecule has 3 heteroatoms. The summed E-state index contributed by atoms with van der Waals surface area (Å²) >= 11 is 3.27. The van der Waals surface area contributed by atoms with Crippen molar-refractivity contribution >= 4 is 28.0 Å². The van der Waals surface area contributed by atoms with Crippen LogP contribution in [0.2, 0.25) is 0 Å². The number of rotatable bonds is 4. The average molecular weight is 254 g/mol. The lowest BCUT2D eigenvalue weighted by Gasteiger charge is -2.02. The first kappa shape index (κ1) is 11.0. The van der Waals surface area contributed by atoms with Crippen molar-refractivity contribution in [2.75, 3.05) is 5.33 Å². The van der Waals surface area contributed by atoms with Crippen molar-refractivity contribution in [2.45, 2.75) is 6.42 Å². The monoisotopic (exact) mass is 253 g/mol. The minimum Gasteiger partial charge on any atom is -0.550 e. The number of benzene rings is 1. The Hall–Kier alpha value is -1.09. The van der Waals surface area contributed by atoms with Gasteiger partial charge < -0.3 is 9.90 Å². The third-order valence-corrected chi connectivity index (χ3v) is 2.07. The number of carbonyl (C=O) groups is 1. The van der Waals surface area contributed by atoms with E-state index in [0.29, 0.717) is 0 Å². The Morgan fingerprint density at radius 2 is 2.29 bits per heavy atom. The molecule has 0 aliphatic rings. The molecule has 1 aromatic rings. The van der Waals surface area contributed by atoms with E-state index in [0.717, 1.165) is 16.5 Å². The van der Waals surface area contributed by atoms with Gasteiger partial charge in [-0.1, -0.05) is 52.3 Å². The summed E-state index contributed by atoms with van der Waals surface area (Å²) in [5.41, 5.74) is 1.77. The Bertz CT molecular complexity index is 345. The number of carbonyl (C=O) groups excluding carboxylic acids is 1. The number of halogens is 1. The van der Waals surface area contributed by atoms with Gasteiger partial charge in [0.1, 0.15) is 0 Å². The first-order valence-electron chi connectivity index (χ1n) is 4.23. The van der Waals surface area contributed by atoms with Crippen LogP contribution < -0.4 is 5.11 Å². The molecule has 0 atom stereocenters. The van der Waals surface area contributed by atoms with Crippen LogP contribution >= 0.6 is 15.9 Å². The van der Waals surface area contributed by atoms with E-state index >= 15 is 0 Å². The molecule has 0 aliphatic carbocycles. The van der Waals surface area contributed by atoms with Gasteiger partial charge in [-0.25, -0.2) is 0 Å². The Kier molecular flexibility index (Phi) is 4.40. The molecule has 0 aromatic heterocycles. The van der Waals surface area contributed by atoms with E-state index in [2.05, 4.69) is 15.9 Å². The largest absolute Gasteiger partial charge is 0.550 e. The lowest BCUT2D eigenvalue weighted by Crippen LogP contribution is -2.24. The number of aliphatic carboxylic acids is 1. The van der Waals surface area contributed by atoms with E-state index in [4.69, 9.17) is 0 Å². The molecule has 0 amide bonds. The maximum atomic E-state index is 10.4. The van der Waals surface area contributed by atoms with Gasteiger partial charge in [-0.15, -0.1) is 0 Å². The maximum Gasteiger partial charge on any atom is 0.0458 e. The Labute approximate surface area is 91.4 Å². The number of hydrogen-bond acceptors (Lipinski definition) is 2. The van der Waals surface area contributed by atoms with Gasteiger partial charge in [-0.05, 0) is 11.1 Å². The lowest BCUT2D eigenvalue weighted by molar-refractivity contribution is -0.304. The van der Waals surface area contributed by atoms with E-state index in [1.807, 2.05) is 30.4 Å². The standard InChI is InChI=1S/C11H11BrO2/c12-6-2-5-9-3-1-4-10(7-9)8-11(13)14/h1-5,7H,6,8H2,(H,13,14)/p-1/b5-2+. The third-order valence-electron chi connectivity index (χ3n) is 1.70. The second-order valence-electron chi connectivity index (χ2n) is 2.85. The molecule has 0 fully saturated rings. The summed E-state index contributed by atoms with van der Waals surface area (Å²) in [5.74, 6) is -1.05. The number of carboxylic acid groups (broad SMARTS) is 1. The van der Waals surface area contributed by atoms with Crippen LogP contribution in [0.5, 0.6) is 0 Å². The predicted octanol–water partition coefficient (Wildman–Crippen LogP) is 1.39. The second-order valence-corrected chi connectivity index (χ2v) is 3.50. The molecule has 1 rings (SSSR count). The molecule has 2 nitrogen and oxygen atoms in total. The zero-order valence-corrected chi connectivity index (χ0v) is 9.16. The number of allylic oxidation sites excluding steroid dienone is 1. The van der Waals surface area contributed by atoms with Crippen LogP contribution in [0.25, 0.3) is 6.08 Å². The van der Waals surface area contributed by atoms with Gasteiger partial charge in [0.05, 0.1) is 0 Å². The van der Waals surface area contributed by atoms with E-state index in [9.17, 15) is 9.90 Å². The predicted molar refractivity (Wildman–Crippen MR) is 58.0 cm³/mol. The first-order valence-corrected chi connectivity index (χ1v) is 5.36. The summed E-state index contributed by atoms with van der Waals surface area (Å²) in [6.07, 6.45) is 3.86. The minimum absolute atomic E-state index is 0.0318. The van der Waals surface area contributed by atoms with E-state index in [1.165, 1.54) is 0 Å². The van der Waals surface area contributed by atoms with Gasteiger partial charge in [0, 0.05) is 17.7 Å². The van der Waals surface area contributed by atoms with Crippen LogP contribution in [0.15, 0.2) is 30.3 Å². The van der Waals surface area contributed by atoms with Crippen LogP contribution in [-0.4, -0.2) is 11.3 Å². The fourth-order valence-electron chi connectivity index (χ4n) is 1.15. The molecule has 74 valence electrons. The van der Waals surface area contributed by atoms with E-state index in [-0.39, 0.29) is 6.42 Å². The summed E-state index contributed by atoms with van der Waals surface area (Å²) in [4.78, 5) is 10.4. The molecule has 0 unspecified atom stereocenters. The molecule has 0 bridgehead atoms. The van der Waals surface area contributed by atoms with Crippen LogP contribution in [-0.2, 0) is 11.2 Å². The van der Waals surface area contributed by atoms with Crippen LogP contribution in [0.3, 0.4) is 0 Å². The van der Waals surface area contributed by atoms with Crippen molar-refractivity contribution < 1.29 is 9.90 Å². The van der Waals surface area contributed by atoms with E-state index in [1.54, 1.807) is 6.07 Å². The Morgan fingerprint density at radius 1 is 1.50 bits per heavy atom. The topological polar surface area (TPSA) is 40.1 Å². The Morgan fingerprint density at radius 3 is 2.93 bits per heavy atom. The molecule has 0 N–H and O–H groups in total. The second kappa shape index (κ2) is 5.60. The van der Waals surface area contributed by atoms with Gasteiger partial charge in [-0.3, -0.25) is 0 Å². The van der Waals surface area contributed by atoms with Gasteiger partial charge in [0.15, 0.2) is 0 Å². The molecule has 0 heterocycles. The van der Waals surface area contributed by atoms with Crippen molar-refractivity contribution in [1.82, 2.24) is 0 Å². The molecular formula is C11H10BrO2-. The highest BCUT2D eigenvalue weighted by atomic mass is 79.9. The quantitative estimate of drug-likeness (QED) is 0.762. The molecule has 0 saturated carbocycles. The smallest absolute Gasteiger partial charge is 0.0458 e. The summed E-state index contributed by atoms with van der Waals surface area (Å²) < 4.78 is 0. The summed E-state index contributed by atoms with van der Waals surface area (Å²) in [6.45, 7) is 0. The summed E-state index contributed by atoms with van der Waals surface area (Å²) in [7, 11) is 0. The van der Waals surface area contributed by atoms with Gasteiger partial charge in [0.25, 0.3) is 0 Å². The first-order chi connectivity index (χ1) is 6.72. The van der Waals surface area contributed by atoms with Crippen molar-refractivity contribution in [2.24, 2.45) is 0 Å². The van der Waals surface area contributed by atoms with Crippen molar-refractivity contribution in [3.05, 3.63) is 41.5 Å². The lowest BCUT2D eigenvalue weighted by atomic mass is 10.1. The fraction of sp³-hybridized carbons (Fsp3) is 0.182. The van der Waals surface area contributed by atoms with Gasteiger partial charge in [0.2, 0.25) is 0 Å².